The van der Waals surface area contributed by atoms with Gasteiger partial charge in [0.15, 0.2) is 11.5 Å². The number of hydrogen-bond donors (Lipinski definition) is 2. The van der Waals surface area contributed by atoms with Gasteiger partial charge in [0, 0.05) is 11.3 Å². The number of unbranched alkanes of at least 4 members (excludes halogenated alkanes) is 1. The highest BCUT2D eigenvalue weighted by atomic mass is 32.1. The third-order valence-electron chi connectivity index (χ3n) is 3.01. The number of ether oxygens (including phenoxy) is 3. The zero-order valence-corrected chi connectivity index (χ0v) is 12.7. The minimum Gasteiger partial charge on any atom is -0.493 e. The monoisotopic (exact) mass is 300 g/mol. The van der Waals surface area contributed by atoms with Crippen molar-refractivity contribution in [1.82, 2.24) is 0 Å². The Hall–Kier alpha value is -0.680. The van der Waals surface area contributed by atoms with Gasteiger partial charge >= 0.3 is 0 Å². The molecule has 0 N–H and O–H groups in total. The van der Waals surface area contributed by atoms with E-state index in [0.29, 0.717) is 12.0 Å². The quantitative estimate of drug-likeness (QED) is 0.568. The molecule has 0 radical (unpaired) electrons. The summed E-state index contributed by atoms with van der Waals surface area (Å²) < 4.78 is 16.3. The maximum atomic E-state index is 5.70. The first-order valence-electron chi connectivity index (χ1n) is 6.61. The van der Waals surface area contributed by atoms with Crippen LogP contribution < -0.4 is 14.2 Å². The van der Waals surface area contributed by atoms with Gasteiger partial charge < -0.3 is 14.2 Å². The van der Waals surface area contributed by atoms with Crippen LogP contribution in [0.4, 0.5) is 0 Å². The van der Waals surface area contributed by atoms with E-state index in [2.05, 4.69) is 25.3 Å². The van der Waals surface area contributed by atoms with Crippen molar-refractivity contribution in [3.63, 3.8) is 0 Å². The lowest BCUT2D eigenvalue weighted by molar-refractivity contribution is 0.173. The number of thiol groups is 2. The fourth-order valence-corrected chi connectivity index (χ4v) is 2.76. The molecule has 1 unspecified atom stereocenters. The van der Waals surface area contributed by atoms with Crippen LogP contribution in [0.2, 0.25) is 0 Å². The minimum absolute atomic E-state index is 0.299. The zero-order chi connectivity index (χ0) is 13.5. The van der Waals surface area contributed by atoms with Gasteiger partial charge in [-0.2, -0.15) is 25.3 Å². The fraction of sp³-hybridized carbons (Fsp3) is 0.571. The molecule has 0 bridgehead atoms. The second-order valence-corrected chi connectivity index (χ2v) is 5.70. The molecule has 0 aliphatic carbocycles. The third kappa shape index (κ3) is 4.73. The van der Waals surface area contributed by atoms with Crippen molar-refractivity contribution < 1.29 is 14.2 Å². The molecule has 0 spiro atoms. The summed E-state index contributed by atoms with van der Waals surface area (Å²) in [7, 11) is 0. The molecular weight excluding hydrogens is 280 g/mol. The lowest BCUT2D eigenvalue weighted by Crippen LogP contribution is -2.02. The van der Waals surface area contributed by atoms with Crippen LogP contribution in [0.5, 0.6) is 17.2 Å². The van der Waals surface area contributed by atoms with E-state index in [9.17, 15) is 0 Å². The second kappa shape index (κ2) is 7.80. The molecule has 106 valence electrons. The first-order valence-corrected chi connectivity index (χ1v) is 7.76. The normalized spacial score (nSPS) is 14.4. The molecule has 0 fully saturated rings. The molecule has 0 saturated heterocycles. The van der Waals surface area contributed by atoms with Crippen LogP contribution in [0.25, 0.3) is 0 Å². The van der Waals surface area contributed by atoms with Crippen LogP contribution in [0.15, 0.2) is 18.2 Å². The Labute approximate surface area is 125 Å². The molecule has 0 aromatic heterocycles. The Morgan fingerprint density at radius 2 is 2.00 bits per heavy atom. The summed E-state index contributed by atoms with van der Waals surface area (Å²) >= 11 is 8.71. The van der Waals surface area contributed by atoms with Crippen molar-refractivity contribution in [2.45, 2.75) is 30.9 Å². The van der Waals surface area contributed by atoms with Gasteiger partial charge in [0.25, 0.3) is 0 Å². The van der Waals surface area contributed by atoms with Crippen molar-refractivity contribution in [3.8, 4) is 17.2 Å². The Morgan fingerprint density at radius 3 is 2.84 bits per heavy atom. The van der Waals surface area contributed by atoms with Crippen molar-refractivity contribution in [1.29, 1.82) is 0 Å². The largest absolute Gasteiger partial charge is 0.493 e. The summed E-state index contributed by atoms with van der Waals surface area (Å²) in [4.78, 5) is 0. The highest BCUT2D eigenvalue weighted by molar-refractivity contribution is 7.81. The van der Waals surface area contributed by atoms with Crippen molar-refractivity contribution in [2.24, 2.45) is 0 Å². The minimum atomic E-state index is 0.299. The van der Waals surface area contributed by atoms with Gasteiger partial charge in [-0.25, -0.2) is 0 Å². The van der Waals surface area contributed by atoms with E-state index >= 15 is 0 Å². The van der Waals surface area contributed by atoms with Gasteiger partial charge in [0.05, 0.1) is 6.61 Å². The molecule has 1 aromatic carbocycles. The van der Waals surface area contributed by atoms with Crippen molar-refractivity contribution >= 4 is 25.3 Å². The van der Waals surface area contributed by atoms with E-state index in [4.69, 9.17) is 14.2 Å². The lowest BCUT2D eigenvalue weighted by Gasteiger charge is -2.09. The van der Waals surface area contributed by atoms with E-state index in [0.717, 1.165) is 55.3 Å². The van der Waals surface area contributed by atoms with Crippen LogP contribution >= 0.6 is 25.3 Å². The predicted octanol–water partition coefficient (Wildman–Crippen LogP) is 3.58. The van der Waals surface area contributed by atoms with Crippen LogP contribution in [-0.4, -0.2) is 24.4 Å². The van der Waals surface area contributed by atoms with Gasteiger partial charge in [0.1, 0.15) is 5.75 Å². The highest BCUT2D eigenvalue weighted by Crippen LogP contribution is 2.35. The summed E-state index contributed by atoms with van der Waals surface area (Å²) in [5.41, 5.74) is 0. The first-order chi connectivity index (χ1) is 9.29. The number of benzene rings is 1. The molecule has 1 aliphatic heterocycles. The van der Waals surface area contributed by atoms with E-state index in [1.54, 1.807) is 0 Å². The van der Waals surface area contributed by atoms with Gasteiger partial charge in [-0.3, -0.25) is 0 Å². The summed E-state index contributed by atoms with van der Waals surface area (Å²) in [6.07, 6.45) is 4.36. The molecule has 19 heavy (non-hydrogen) atoms. The van der Waals surface area contributed by atoms with Crippen LogP contribution in [-0.2, 0) is 0 Å². The average molecular weight is 300 g/mol. The van der Waals surface area contributed by atoms with Gasteiger partial charge in [-0.1, -0.05) is 0 Å². The number of rotatable bonds is 8. The van der Waals surface area contributed by atoms with Gasteiger partial charge in [-0.05, 0) is 43.6 Å². The van der Waals surface area contributed by atoms with Gasteiger partial charge in [-0.15, -0.1) is 0 Å². The van der Waals surface area contributed by atoms with Crippen molar-refractivity contribution in [3.05, 3.63) is 18.2 Å². The summed E-state index contributed by atoms with van der Waals surface area (Å²) in [6, 6.07) is 5.68. The molecule has 5 heteroatoms. The van der Waals surface area contributed by atoms with E-state index in [1.807, 2.05) is 18.2 Å². The third-order valence-corrected chi connectivity index (χ3v) is 3.78. The van der Waals surface area contributed by atoms with E-state index in [-0.39, 0.29) is 0 Å². The van der Waals surface area contributed by atoms with Crippen LogP contribution in [0.1, 0.15) is 25.7 Å². The molecule has 1 aromatic rings. The second-order valence-electron chi connectivity index (χ2n) is 4.53. The standard InChI is InChI=1S/C14H20O3S2/c18-8-6-12(19)3-1-2-7-15-11-4-5-13-14(9-11)17-10-16-13/h4-5,9,12,18-19H,1-3,6-8,10H2. The van der Waals surface area contributed by atoms with Crippen LogP contribution in [0, 0.1) is 0 Å². The average Bonchev–Trinajstić information content (AvgIpc) is 2.86. The Bertz CT molecular complexity index is 398. The topological polar surface area (TPSA) is 27.7 Å². The van der Waals surface area contributed by atoms with E-state index < -0.39 is 0 Å². The zero-order valence-electron chi connectivity index (χ0n) is 10.9. The Kier molecular flexibility index (Phi) is 6.04. The smallest absolute Gasteiger partial charge is 0.231 e. The first kappa shape index (κ1) is 14.7. The molecule has 1 atom stereocenters. The maximum Gasteiger partial charge on any atom is 0.231 e. The molecule has 0 saturated carbocycles. The predicted molar refractivity (Wildman–Crippen MR) is 83.2 cm³/mol. The van der Waals surface area contributed by atoms with Crippen LogP contribution in [0.3, 0.4) is 0 Å². The maximum absolute atomic E-state index is 5.70. The molecule has 0 amide bonds. The summed E-state index contributed by atoms with van der Waals surface area (Å²) in [5.74, 6) is 3.29. The Balaban J connectivity index is 1.63. The SMILES string of the molecule is SCCC(S)CCCCOc1ccc2c(c1)OCO2. The molecule has 1 heterocycles. The fourth-order valence-electron chi connectivity index (χ4n) is 1.93. The lowest BCUT2D eigenvalue weighted by atomic mass is 10.1. The number of hydrogen-bond acceptors (Lipinski definition) is 5. The summed E-state index contributed by atoms with van der Waals surface area (Å²) in [5, 5.41) is 0.461. The Morgan fingerprint density at radius 1 is 1.16 bits per heavy atom. The van der Waals surface area contributed by atoms with Gasteiger partial charge in [0.2, 0.25) is 6.79 Å². The molecule has 3 nitrogen and oxygen atoms in total. The summed E-state index contributed by atoms with van der Waals surface area (Å²) in [6.45, 7) is 1.02. The molecule has 2 rings (SSSR count). The van der Waals surface area contributed by atoms with Crippen molar-refractivity contribution in [2.75, 3.05) is 19.2 Å². The molecule has 1 aliphatic rings. The van der Waals surface area contributed by atoms with E-state index in [1.165, 1.54) is 0 Å². The highest BCUT2D eigenvalue weighted by Gasteiger charge is 2.13. The number of fused-ring (bicyclic) bond motifs is 1. The molecular formula is C14H20O3S2.